The lowest BCUT2D eigenvalue weighted by atomic mass is 10.2. The van der Waals surface area contributed by atoms with Crippen molar-refractivity contribution in [1.82, 2.24) is 0 Å². The summed E-state index contributed by atoms with van der Waals surface area (Å²) in [7, 11) is 0.810. The molecule has 5 heteroatoms. The second-order valence-corrected chi connectivity index (χ2v) is 5.96. The molecule has 0 saturated carbocycles. The van der Waals surface area contributed by atoms with Gasteiger partial charge in [-0.25, -0.2) is 0 Å². The highest BCUT2D eigenvalue weighted by molar-refractivity contribution is 6.59. The molecule has 0 amide bonds. The zero-order valence-corrected chi connectivity index (χ0v) is 9.54. The van der Waals surface area contributed by atoms with Crippen LogP contribution in [0.25, 0.3) is 0 Å². The third-order valence-electron chi connectivity index (χ3n) is 2.23. The second kappa shape index (κ2) is 5.07. The smallest absolute Gasteiger partial charge is 0.377 e. The maximum Gasteiger partial charge on any atom is 0.499 e. The van der Waals surface area contributed by atoms with Gasteiger partial charge in [0.2, 0.25) is 0 Å². The van der Waals surface area contributed by atoms with E-state index in [1.165, 1.54) is 0 Å². The van der Waals surface area contributed by atoms with Crippen LogP contribution >= 0.6 is 0 Å². The molecule has 0 aromatic heterocycles. The van der Waals surface area contributed by atoms with Gasteiger partial charge in [-0.1, -0.05) is 0 Å². The standard InChI is InChI=1S/C8H18O4Si/c1-9-13(3,10-2)12-8-6-4-5-7-11-8/h8H,4-7H2,1-3H3. The molecule has 0 spiro atoms. The van der Waals surface area contributed by atoms with E-state index in [4.69, 9.17) is 18.0 Å². The molecule has 0 radical (unpaired) electrons. The summed E-state index contributed by atoms with van der Waals surface area (Å²) in [5, 5.41) is 0. The highest BCUT2D eigenvalue weighted by Gasteiger charge is 2.36. The van der Waals surface area contributed by atoms with Gasteiger partial charge < -0.3 is 18.0 Å². The van der Waals surface area contributed by atoms with Gasteiger partial charge in [-0.15, -0.1) is 0 Å². The molecule has 0 bridgehead atoms. The summed E-state index contributed by atoms with van der Waals surface area (Å²) >= 11 is 0. The first-order valence-electron chi connectivity index (χ1n) is 4.60. The van der Waals surface area contributed by atoms with E-state index < -0.39 is 8.80 Å². The molecule has 0 aromatic carbocycles. The van der Waals surface area contributed by atoms with Crippen molar-refractivity contribution in [1.29, 1.82) is 0 Å². The van der Waals surface area contributed by atoms with E-state index in [1.54, 1.807) is 14.2 Å². The topological polar surface area (TPSA) is 36.9 Å². The zero-order valence-electron chi connectivity index (χ0n) is 8.54. The van der Waals surface area contributed by atoms with Crippen LogP contribution in [0.2, 0.25) is 6.55 Å². The van der Waals surface area contributed by atoms with Gasteiger partial charge in [0.25, 0.3) is 0 Å². The van der Waals surface area contributed by atoms with E-state index in [9.17, 15) is 0 Å². The third-order valence-corrected chi connectivity index (χ3v) is 4.40. The van der Waals surface area contributed by atoms with Gasteiger partial charge in [0.1, 0.15) is 0 Å². The molecule has 13 heavy (non-hydrogen) atoms. The Morgan fingerprint density at radius 1 is 1.23 bits per heavy atom. The Hall–Kier alpha value is 0.0569. The molecule has 4 nitrogen and oxygen atoms in total. The van der Waals surface area contributed by atoms with Gasteiger partial charge >= 0.3 is 8.80 Å². The van der Waals surface area contributed by atoms with Crippen LogP contribution in [-0.4, -0.2) is 35.9 Å². The summed E-state index contributed by atoms with van der Waals surface area (Å²) in [6.45, 7) is 2.65. The van der Waals surface area contributed by atoms with Gasteiger partial charge in [-0.3, -0.25) is 0 Å². The number of hydrogen-bond acceptors (Lipinski definition) is 4. The minimum atomic E-state index is -2.41. The zero-order chi connectivity index (χ0) is 9.73. The van der Waals surface area contributed by atoms with Crippen molar-refractivity contribution in [3.8, 4) is 0 Å². The molecule has 1 heterocycles. The number of rotatable bonds is 4. The van der Waals surface area contributed by atoms with Crippen molar-refractivity contribution in [3.05, 3.63) is 0 Å². The Kier molecular flexibility index (Phi) is 4.34. The summed E-state index contributed by atoms with van der Waals surface area (Å²) < 4.78 is 21.5. The highest BCUT2D eigenvalue weighted by Crippen LogP contribution is 2.18. The van der Waals surface area contributed by atoms with Gasteiger partial charge in [0, 0.05) is 27.4 Å². The Labute approximate surface area is 80.5 Å². The molecule has 1 aliphatic heterocycles. The summed E-state index contributed by atoms with van der Waals surface area (Å²) in [4.78, 5) is 0. The van der Waals surface area contributed by atoms with Crippen LogP contribution in [0.5, 0.6) is 0 Å². The maximum atomic E-state index is 5.65. The van der Waals surface area contributed by atoms with E-state index in [-0.39, 0.29) is 6.29 Å². The van der Waals surface area contributed by atoms with Gasteiger partial charge in [0.15, 0.2) is 6.29 Å². The molecule has 1 unspecified atom stereocenters. The molecule has 0 aromatic rings. The normalized spacial score (nSPS) is 24.7. The van der Waals surface area contributed by atoms with E-state index in [2.05, 4.69) is 0 Å². The van der Waals surface area contributed by atoms with E-state index in [0.717, 1.165) is 25.9 Å². The fourth-order valence-corrected chi connectivity index (χ4v) is 2.25. The fourth-order valence-electron chi connectivity index (χ4n) is 1.22. The first kappa shape index (κ1) is 11.1. The van der Waals surface area contributed by atoms with Crippen LogP contribution in [0, 0.1) is 0 Å². The van der Waals surface area contributed by atoms with Crippen molar-refractivity contribution in [3.63, 3.8) is 0 Å². The quantitative estimate of drug-likeness (QED) is 0.651. The predicted octanol–water partition coefficient (Wildman–Crippen LogP) is 1.39. The van der Waals surface area contributed by atoms with Crippen LogP contribution < -0.4 is 0 Å². The SMILES string of the molecule is CO[Si](C)(OC)OC1CCCCO1. The minimum absolute atomic E-state index is 0.134. The first-order chi connectivity index (χ1) is 6.20. The van der Waals surface area contributed by atoms with Gasteiger partial charge in [-0.2, -0.15) is 0 Å². The summed E-state index contributed by atoms with van der Waals surface area (Å²) in [6.07, 6.45) is 3.08. The van der Waals surface area contributed by atoms with Gasteiger partial charge in [-0.05, 0) is 19.3 Å². The van der Waals surface area contributed by atoms with Crippen molar-refractivity contribution in [2.75, 3.05) is 20.8 Å². The number of ether oxygens (including phenoxy) is 1. The largest absolute Gasteiger partial charge is 0.499 e. The molecular weight excluding hydrogens is 188 g/mol. The van der Waals surface area contributed by atoms with E-state index in [1.807, 2.05) is 6.55 Å². The molecule has 78 valence electrons. The first-order valence-corrected chi connectivity index (χ1v) is 6.82. The lowest BCUT2D eigenvalue weighted by Gasteiger charge is -2.30. The van der Waals surface area contributed by atoms with Crippen molar-refractivity contribution in [2.45, 2.75) is 32.1 Å². The summed E-state index contributed by atoms with van der Waals surface area (Å²) in [6, 6.07) is 0. The second-order valence-electron chi connectivity index (χ2n) is 3.18. The molecule has 0 aliphatic carbocycles. The average molecular weight is 206 g/mol. The molecule has 1 atom stereocenters. The predicted molar refractivity (Wildman–Crippen MR) is 50.3 cm³/mol. The summed E-state index contributed by atoms with van der Waals surface area (Å²) in [5.74, 6) is 0. The molecule has 1 rings (SSSR count). The Balaban J connectivity index is 2.35. The van der Waals surface area contributed by atoms with Crippen LogP contribution in [-0.2, 0) is 18.0 Å². The van der Waals surface area contributed by atoms with Crippen LogP contribution in [0.4, 0.5) is 0 Å². The maximum absolute atomic E-state index is 5.65. The van der Waals surface area contributed by atoms with Crippen molar-refractivity contribution in [2.24, 2.45) is 0 Å². The van der Waals surface area contributed by atoms with Crippen LogP contribution in [0.15, 0.2) is 0 Å². The fraction of sp³-hybridized carbons (Fsp3) is 1.00. The van der Waals surface area contributed by atoms with Crippen molar-refractivity contribution < 1.29 is 18.0 Å². The van der Waals surface area contributed by atoms with Crippen LogP contribution in [0.3, 0.4) is 0 Å². The lowest BCUT2D eigenvalue weighted by molar-refractivity contribution is -0.134. The average Bonchev–Trinajstić information content (AvgIpc) is 2.19. The Morgan fingerprint density at radius 3 is 2.38 bits per heavy atom. The highest BCUT2D eigenvalue weighted by atomic mass is 28.4. The minimum Gasteiger partial charge on any atom is -0.377 e. The molecule has 1 fully saturated rings. The molecule has 0 N–H and O–H groups in total. The van der Waals surface area contributed by atoms with Gasteiger partial charge in [0.05, 0.1) is 0 Å². The molecule has 1 aliphatic rings. The summed E-state index contributed by atoms with van der Waals surface area (Å²) in [5.41, 5.74) is 0. The molecule has 1 saturated heterocycles. The van der Waals surface area contributed by atoms with E-state index in [0.29, 0.717) is 0 Å². The van der Waals surface area contributed by atoms with E-state index >= 15 is 0 Å². The Bertz CT molecular complexity index is 143. The monoisotopic (exact) mass is 206 g/mol. The lowest BCUT2D eigenvalue weighted by Crippen LogP contribution is -2.45. The molecular formula is C8H18O4Si. The Morgan fingerprint density at radius 2 is 1.92 bits per heavy atom. The van der Waals surface area contributed by atoms with Crippen molar-refractivity contribution >= 4 is 8.80 Å². The van der Waals surface area contributed by atoms with Crippen LogP contribution in [0.1, 0.15) is 19.3 Å². The number of hydrogen-bond donors (Lipinski definition) is 0. The third kappa shape index (κ3) is 3.36.